The van der Waals surface area contributed by atoms with Crippen LogP contribution in [0, 0.1) is 0 Å². The Kier molecular flexibility index (Phi) is 7.17. The number of anilines is 1. The zero-order valence-corrected chi connectivity index (χ0v) is 17.8. The molecule has 2 aromatic carbocycles. The molecule has 0 saturated heterocycles. The summed E-state index contributed by atoms with van der Waals surface area (Å²) in [6, 6.07) is 12.4. The van der Waals surface area contributed by atoms with Crippen LogP contribution in [0.3, 0.4) is 0 Å². The molecule has 140 valence electrons. The van der Waals surface area contributed by atoms with E-state index < -0.39 is 0 Å². The first-order valence-corrected chi connectivity index (χ1v) is 11.0. The van der Waals surface area contributed by atoms with E-state index in [1.54, 1.807) is 36.0 Å². The van der Waals surface area contributed by atoms with E-state index in [0.29, 0.717) is 27.2 Å². The molecule has 0 fully saturated rings. The maximum atomic E-state index is 12.2. The molecule has 1 heterocycles. The first-order chi connectivity index (χ1) is 12.9. The van der Waals surface area contributed by atoms with Crippen molar-refractivity contribution in [2.24, 2.45) is 0 Å². The Bertz CT molecular complexity index is 918. The molecule has 0 radical (unpaired) electrons. The number of carbonyl (C=O) groups is 2. The van der Waals surface area contributed by atoms with E-state index in [-0.39, 0.29) is 22.7 Å². The molecule has 8 heteroatoms. The van der Waals surface area contributed by atoms with Gasteiger partial charge in [-0.15, -0.1) is 23.5 Å². The van der Waals surface area contributed by atoms with Crippen LogP contribution in [0.1, 0.15) is 17.2 Å². The molecule has 1 amide bonds. The Hall–Kier alpha value is -1.11. The smallest absolute Gasteiger partial charge is 0.234 e. The molecule has 1 atom stereocenters. The van der Waals surface area contributed by atoms with Crippen molar-refractivity contribution in [3.8, 4) is 0 Å². The van der Waals surface area contributed by atoms with Crippen LogP contribution >= 0.6 is 58.3 Å². The molecule has 3 nitrogen and oxygen atoms in total. The summed E-state index contributed by atoms with van der Waals surface area (Å²) in [4.78, 5) is 24.3. The lowest BCUT2D eigenvalue weighted by Crippen LogP contribution is -2.15. The molecule has 0 spiro atoms. The number of nitrogens with one attached hydrogen (secondary N) is 1. The highest BCUT2D eigenvalue weighted by Gasteiger charge is 2.25. The van der Waals surface area contributed by atoms with Crippen molar-refractivity contribution in [1.29, 1.82) is 0 Å². The molecule has 0 aliphatic carbocycles. The SMILES string of the molecule is O=C1C=C(SCC(=O)Nc2ccc(Cl)cc2Cl)SC(c2ccccc2Cl)C1. The lowest BCUT2D eigenvalue weighted by molar-refractivity contribution is -0.115. The van der Waals surface area contributed by atoms with Crippen molar-refractivity contribution in [1.82, 2.24) is 0 Å². The number of rotatable bonds is 5. The topological polar surface area (TPSA) is 46.2 Å². The lowest BCUT2D eigenvalue weighted by atomic mass is 10.1. The lowest BCUT2D eigenvalue weighted by Gasteiger charge is -2.22. The maximum Gasteiger partial charge on any atom is 0.234 e. The average molecular weight is 459 g/mol. The van der Waals surface area contributed by atoms with E-state index in [1.165, 1.54) is 11.8 Å². The number of benzene rings is 2. The van der Waals surface area contributed by atoms with Gasteiger partial charge < -0.3 is 5.32 Å². The van der Waals surface area contributed by atoms with Crippen molar-refractivity contribution >= 4 is 75.7 Å². The number of allylic oxidation sites excluding steroid dienone is 1. The Balaban J connectivity index is 1.61. The standard InChI is InChI=1S/C19H14Cl3NO2S2/c20-11-5-6-16(15(22)7-11)23-18(25)10-26-19-9-12(24)8-17(27-19)13-3-1-2-4-14(13)21/h1-7,9,17H,8,10H2,(H,23,25). The van der Waals surface area contributed by atoms with E-state index in [0.717, 1.165) is 9.80 Å². The van der Waals surface area contributed by atoms with Crippen LogP contribution in [-0.4, -0.2) is 17.4 Å². The van der Waals surface area contributed by atoms with E-state index >= 15 is 0 Å². The van der Waals surface area contributed by atoms with Gasteiger partial charge in [0.05, 0.1) is 16.5 Å². The fraction of sp³-hybridized carbons (Fsp3) is 0.158. The largest absolute Gasteiger partial charge is 0.324 e. The molecule has 2 aromatic rings. The van der Waals surface area contributed by atoms with Crippen LogP contribution < -0.4 is 5.32 Å². The van der Waals surface area contributed by atoms with Crippen molar-refractivity contribution < 1.29 is 9.59 Å². The van der Waals surface area contributed by atoms with Gasteiger partial charge in [0.2, 0.25) is 5.91 Å². The van der Waals surface area contributed by atoms with E-state index in [4.69, 9.17) is 34.8 Å². The molecule has 0 bridgehead atoms. The van der Waals surface area contributed by atoms with Crippen molar-refractivity contribution in [2.75, 3.05) is 11.1 Å². The number of thioether (sulfide) groups is 2. The third-order valence-corrected chi connectivity index (χ3v) is 7.13. The van der Waals surface area contributed by atoms with Crippen LogP contribution in [0.2, 0.25) is 15.1 Å². The summed E-state index contributed by atoms with van der Waals surface area (Å²) in [7, 11) is 0. The van der Waals surface area contributed by atoms with Crippen LogP contribution in [0.15, 0.2) is 52.8 Å². The fourth-order valence-electron chi connectivity index (χ4n) is 2.49. The van der Waals surface area contributed by atoms with Crippen molar-refractivity contribution in [3.63, 3.8) is 0 Å². The number of hydrogen-bond acceptors (Lipinski definition) is 4. The highest BCUT2D eigenvalue weighted by molar-refractivity contribution is 8.22. The van der Waals surface area contributed by atoms with Gasteiger partial charge in [-0.05, 0) is 29.8 Å². The van der Waals surface area contributed by atoms with Gasteiger partial charge in [-0.1, -0.05) is 53.0 Å². The summed E-state index contributed by atoms with van der Waals surface area (Å²) in [5.74, 6) is -0.0132. The number of carbonyl (C=O) groups excluding carboxylic acids is 2. The number of amides is 1. The van der Waals surface area contributed by atoms with E-state index in [2.05, 4.69) is 5.32 Å². The first-order valence-electron chi connectivity index (χ1n) is 7.95. The number of ketones is 1. The Morgan fingerprint density at radius 2 is 1.93 bits per heavy atom. The quantitative estimate of drug-likeness (QED) is 0.548. The van der Waals surface area contributed by atoms with Crippen molar-refractivity contribution in [2.45, 2.75) is 11.7 Å². The van der Waals surface area contributed by atoms with Crippen LogP contribution in [0.25, 0.3) is 0 Å². The van der Waals surface area contributed by atoms with Gasteiger partial charge in [-0.2, -0.15) is 0 Å². The Morgan fingerprint density at radius 3 is 2.67 bits per heavy atom. The van der Waals surface area contributed by atoms with E-state index in [1.807, 2.05) is 24.3 Å². The highest BCUT2D eigenvalue weighted by Crippen LogP contribution is 2.47. The molecule has 27 heavy (non-hydrogen) atoms. The fourth-order valence-corrected chi connectivity index (χ4v) is 5.69. The molecule has 1 N–H and O–H groups in total. The molecular formula is C19H14Cl3NO2S2. The minimum Gasteiger partial charge on any atom is -0.324 e. The van der Waals surface area contributed by atoms with Gasteiger partial charge in [0.25, 0.3) is 0 Å². The zero-order valence-electron chi connectivity index (χ0n) is 13.9. The minimum atomic E-state index is -0.210. The second kappa shape index (κ2) is 9.39. The van der Waals surface area contributed by atoms with Crippen molar-refractivity contribution in [3.05, 3.63) is 73.4 Å². The minimum absolute atomic E-state index is 0.0299. The van der Waals surface area contributed by atoms with Crippen LogP contribution in [-0.2, 0) is 9.59 Å². The molecule has 0 aromatic heterocycles. The van der Waals surface area contributed by atoms with Gasteiger partial charge in [-0.3, -0.25) is 9.59 Å². The number of halogens is 3. The normalized spacial score (nSPS) is 16.8. The predicted molar refractivity (Wildman–Crippen MR) is 117 cm³/mol. The van der Waals surface area contributed by atoms with Gasteiger partial charge in [-0.25, -0.2) is 0 Å². The summed E-state index contributed by atoms with van der Waals surface area (Å²) in [6.07, 6.45) is 1.98. The summed E-state index contributed by atoms with van der Waals surface area (Å²) >= 11 is 21.0. The zero-order chi connectivity index (χ0) is 19.4. The van der Waals surface area contributed by atoms with E-state index in [9.17, 15) is 9.59 Å². The third kappa shape index (κ3) is 5.69. The number of hydrogen-bond donors (Lipinski definition) is 1. The maximum absolute atomic E-state index is 12.2. The van der Waals surface area contributed by atoms with Crippen LogP contribution in [0.5, 0.6) is 0 Å². The van der Waals surface area contributed by atoms with Crippen LogP contribution in [0.4, 0.5) is 5.69 Å². The molecule has 1 aliphatic rings. The summed E-state index contributed by atoms with van der Waals surface area (Å²) in [6.45, 7) is 0. The molecule has 1 unspecified atom stereocenters. The predicted octanol–water partition coefficient (Wildman–Crippen LogP) is 6.61. The molecule has 0 saturated carbocycles. The summed E-state index contributed by atoms with van der Waals surface area (Å²) in [5.41, 5.74) is 1.43. The molecular weight excluding hydrogens is 445 g/mol. The highest BCUT2D eigenvalue weighted by atomic mass is 35.5. The molecule has 1 aliphatic heterocycles. The Morgan fingerprint density at radius 1 is 1.15 bits per heavy atom. The third-order valence-electron chi connectivity index (χ3n) is 3.73. The second-order valence-corrected chi connectivity index (χ2v) is 9.49. The molecule has 3 rings (SSSR count). The monoisotopic (exact) mass is 457 g/mol. The Labute approximate surface area is 180 Å². The van der Waals surface area contributed by atoms with Gasteiger partial charge >= 0.3 is 0 Å². The van der Waals surface area contributed by atoms with Gasteiger partial charge in [0.1, 0.15) is 0 Å². The van der Waals surface area contributed by atoms with Gasteiger partial charge in [0.15, 0.2) is 5.78 Å². The first kappa shape index (κ1) is 20.6. The summed E-state index contributed by atoms with van der Waals surface area (Å²) < 4.78 is 0.800. The summed E-state index contributed by atoms with van der Waals surface area (Å²) in [5, 5.41) is 4.22. The van der Waals surface area contributed by atoms with Gasteiger partial charge in [0, 0.05) is 32.0 Å². The average Bonchev–Trinajstić information content (AvgIpc) is 2.62. The second-order valence-electron chi connectivity index (χ2n) is 5.72.